The Bertz CT molecular complexity index is 1830. The number of nitrogens with one attached hydrogen (secondary N) is 2. The quantitative estimate of drug-likeness (QED) is 0.131. The second kappa shape index (κ2) is 15.1. The molecule has 0 aliphatic rings. The van der Waals surface area contributed by atoms with Crippen molar-refractivity contribution in [2.45, 2.75) is 45.4 Å². The van der Waals surface area contributed by atoms with Crippen molar-refractivity contribution < 1.29 is 9.59 Å². The van der Waals surface area contributed by atoms with E-state index in [2.05, 4.69) is 80.4 Å². The van der Waals surface area contributed by atoms with Crippen molar-refractivity contribution in [1.82, 2.24) is 5.32 Å². The van der Waals surface area contributed by atoms with Gasteiger partial charge in [0.15, 0.2) is 0 Å². The van der Waals surface area contributed by atoms with Gasteiger partial charge in [-0.1, -0.05) is 111 Å². The second-order valence-electron chi connectivity index (χ2n) is 12.9. The van der Waals surface area contributed by atoms with Crippen LogP contribution in [0.15, 0.2) is 115 Å². The van der Waals surface area contributed by atoms with Gasteiger partial charge in [0.05, 0.1) is 5.92 Å². The molecule has 0 radical (unpaired) electrons. The van der Waals surface area contributed by atoms with E-state index in [4.69, 9.17) is 11.6 Å². The van der Waals surface area contributed by atoms with Crippen LogP contribution in [0, 0.1) is 6.92 Å². The van der Waals surface area contributed by atoms with E-state index in [1.807, 2.05) is 73.7 Å². The Balaban J connectivity index is 1.38. The molecule has 0 heterocycles. The van der Waals surface area contributed by atoms with E-state index < -0.39 is 5.92 Å². The first-order valence-corrected chi connectivity index (χ1v) is 16.9. The van der Waals surface area contributed by atoms with Gasteiger partial charge in [0.1, 0.15) is 0 Å². The van der Waals surface area contributed by atoms with Gasteiger partial charge in [-0.05, 0) is 99.7 Å². The summed E-state index contributed by atoms with van der Waals surface area (Å²) >= 11 is 10.3. The van der Waals surface area contributed by atoms with Gasteiger partial charge in [0.25, 0.3) is 5.91 Å². The third-order valence-corrected chi connectivity index (χ3v) is 8.88. The predicted octanol–water partition coefficient (Wildman–Crippen LogP) is 9.90. The number of rotatable bonds is 10. The van der Waals surface area contributed by atoms with Crippen molar-refractivity contribution >= 4 is 41.7 Å². The predicted molar refractivity (Wildman–Crippen MR) is 200 cm³/mol. The van der Waals surface area contributed by atoms with E-state index in [1.165, 1.54) is 5.56 Å². The minimum absolute atomic E-state index is 0.0898. The highest BCUT2D eigenvalue weighted by Crippen LogP contribution is 2.31. The highest BCUT2D eigenvalue weighted by molar-refractivity contribution is 7.80. The molecule has 0 bridgehead atoms. The van der Waals surface area contributed by atoms with Crippen LogP contribution in [0.3, 0.4) is 0 Å². The van der Waals surface area contributed by atoms with Crippen LogP contribution >= 0.6 is 24.2 Å². The number of hydrogen-bond donors (Lipinski definition) is 3. The molecule has 0 saturated carbocycles. The third kappa shape index (κ3) is 8.73. The minimum Gasteiger partial charge on any atom is -0.351 e. The molecule has 0 fully saturated rings. The summed E-state index contributed by atoms with van der Waals surface area (Å²) in [5.41, 5.74) is 10.0. The Hall–Kier alpha value is -4.32. The minimum atomic E-state index is -0.450. The van der Waals surface area contributed by atoms with Crippen LogP contribution in [0.1, 0.15) is 59.3 Å². The average Bonchev–Trinajstić information content (AvgIpc) is 3.06. The van der Waals surface area contributed by atoms with Gasteiger partial charge in [0, 0.05) is 28.6 Å². The number of benzene rings is 5. The van der Waals surface area contributed by atoms with Gasteiger partial charge in [-0.2, -0.15) is 12.6 Å². The Kier molecular flexibility index (Phi) is 10.9. The molecule has 0 spiro atoms. The first-order chi connectivity index (χ1) is 22.5. The number of anilines is 1. The van der Waals surface area contributed by atoms with Crippen molar-refractivity contribution in [3.05, 3.63) is 148 Å². The highest BCUT2D eigenvalue weighted by atomic mass is 35.5. The number of hydrogen-bond acceptors (Lipinski definition) is 3. The summed E-state index contributed by atoms with van der Waals surface area (Å²) in [4.78, 5) is 26.4. The fourth-order valence-electron chi connectivity index (χ4n) is 5.65. The van der Waals surface area contributed by atoms with Crippen molar-refractivity contribution in [3.8, 4) is 22.3 Å². The van der Waals surface area contributed by atoms with Gasteiger partial charge in [-0.3, -0.25) is 9.59 Å². The van der Waals surface area contributed by atoms with Crippen molar-refractivity contribution in [1.29, 1.82) is 0 Å². The molecule has 0 aliphatic carbocycles. The smallest absolute Gasteiger partial charge is 0.251 e. The van der Waals surface area contributed by atoms with Crippen LogP contribution in [0.2, 0.25) is 5.02 Å². The number of aryl methyl sites for hydroxylation is 1. The highest BCUT2D eigenvalue weighted by Gasteiger charge is 2.22. The normalized spacial score (nSPS) is 12.0. The van der Waals surface area contributed by atoms with E-state index in [1.54, 1.807) is 12.1 Å². The van der Waals surface area contributed by atoms with E-state index in [0.717, 1.165) is 44.6 Å². The van der Waals surface area contributed by atoms with Crippen molar-refractivity contribution in [2.75, 3.05) is 17.6 Å². The zero-order valence-corrected chi connectivity index (χ0v) is 29.0. The van der Waals surface area contributed by atoms with Crippen LogP contribution in [0.25, 0.3) is 22.3 Å². The third-order valence-electron chi connectivity index (χ3n) is 8.42. The molecule has 5 aromatic rings. The Morgan fingerprint density at radius 1 is 0.766 bits per heavy atom. The maximum atomic E-state index is 13.9. The van der Waals surface area contributed by atoms with E-state index >= 15 is 0 Å². The molecule has 240 valence electrons. The lowest BCUT2D eigenvalue weighted by molar-refractivity contribution is -0.117. The largest absolute Gasteiger partial charge is 0.351 e. The molecule has 4 nitrogen and oxygen atoms in total. The first-order valence-electron chi connectivity index (χ1n) is 15.9. The summed E-state index contributed by atoms with van der Waals surface area (Å²) in [6.45, 7) is 9.17. The summed E-state index contributed by atoms with van der Waals surface area (Å²) in [5.74, 6) is -0.110. The molecule has 1 unspecified atom stereocenters. The molecule has 5 rings (SSSR count). The molecule has 0 saturated heterocycles. The summed E-state index contributed by atoms with van der Waals surface area (Å²) in [6.07, 6.45) is 0.478. The molecular weight excluding hydrogens is 620 g/mol. The van der Waals surface area contributed by atoms with Gasteiger partial charge >= 0.3 is 0 Å². The number of amides is 2. The molecule has 47 heavy (non-hydrogen) atoms. The van der Waals surface area contributed by atoms with Crippen molar-refractivity contribution in [2.24, 2.45) is 0 Å². The zero-order chi connectivity index (χ0) is 33.6. The monoisotopic (exact) mass is 660 g/mol. The van der Waals surface area contributed by atoms with E-state index in [0.29, 0.717) is 29.3 Å². The average molecular weight is 661 g/mol. The molecule has 5 aromatic carbocycles. The molecule has 1 atom stereocenters. The fourth-order valence-corrected chi connectivity index (χ4v) is 5.98. The second-order valence-corrected chi connectivity index (χ2v) is 13.8. The zero-order valence-electron chi connectivity index (χ0n) is 27.3. The topological polar surface area (TPSA) is 58.2 Å². The van der Waals surface area contributed by atoms with Gasteiger partial charge in [0.2, 0.25) is 5.91 Å². The summed E-state index contributed by atoms with van der Waals surface area (Å²) in [7, 11) is 0. The maximum absolute atomic E-state index is 13.9. The maximum Gasteiger partial charge on any atom is 0.251 e. The van der Waals surface area contributed by atoms with Crippen LogP contribution in [-0.4, -0.2) is 24.1 Å². The molecule has 2 N–H and O–H groups in total. The van der Waals surface area contributed by atoms with E-state index in [9.17, 15) is 9.59 Å². The lowest BCUT2D eigenvalue weighted by Gasteiger charge is -2.20. The fraction of sp³-hybridized carbons (Fsp3) is 0.220. The lowest BCUT2D eigenvalue weighted by atomic mass is 9.86. The number of carbonyl (C=O) groups excluding carboxylic acids is 2. The molecule has 2 amide bonds. The van der Waals surface area contributed by atoms with Gasteiger partial charge < -0.3 is 10.6 Å². The van der Waals surface area contributed by atoms with Crippen LogP contribution in [0.4, 0.5) is 5.69 Å². The van der Waals surface area contributed by atoms with Crippen LogP contribution in [0.5, 0.6) is 0 Å². The van der Waals surface area contributed by atoms with Gasteiger partial charge in [-0.25, -0.2) is 0 Å². The Morgan fingerprint density at radius 2 is 1.36 bits per heavy atom. The van der Waals surface area contributed by atoms with Gasteiger partial charge in [-0.15, -0.1) is 0 Å². The number of carbonyl (C=O) groups is 2. The summed E-state index contributed by atoms with van der Waals surface area (Å²) in [6, 6.07) is 38.1. The standard InChI is InChI=1S/C41H41ClN2O2S/c1-27-25-35(42)19-22-37(27)31-15-20-36(21-16-31)44-40(46)38(26-28-5-7-33(8-6-28)39(45)43-23-24-47)32-11-9-29(10-12-32)30-13-17-34(18-14-30)41(2,3)4/h5-22,25,38,47H,23-24,26H2,1-4H3,(H,43,45)(H,44,46). The lowest BCUT2D eigenvalue weighted by Crippen LogP contribution is -2.25. The van der Waals surface area contributed by atoms with E-state index in [-0.39, 0.29) is 17.2 Å². The number of thiol groups is 1. The van der Waals surface area contributed by atoms with Crippen LogP contribution in [-0.2, 0) is 16.6 Å². The van der Waals surface area contributed by atoms with Crippen LogP contribution < -0.4 is 10.6 Å². The summed E-state index contributed by atoms with van der Waals surface area (Å²) in [5, 5.41) is 6.70. The van der Waals surface area contributed by atoms with Crippen molar-refractivity contribution in [3.63, 3.8) is 0 Å². The number of halogens is 1. The Labute approximate surface area is 289 Å². The summed E-state index contributed by atoms with van der Waals surface area (Å²) < 4.78 is 0. The Morgan fingerprint density at radius 3 is 1.94 bits per heavy atom. The SMILES string of the molecule is Cc1cc(Cl)ccc1-c1ccc(NC(=O)C(Cc2ccc(C(=O)NCCS)cc2)c2ccc(-c3ccc(C(C)(C)C)cc3)cc2)cc1. The molecular formula is C41H41ClN2O2S. The molecule has 0 aromatic heterocycles. The molecule has 6 heteroatoms. The first kappa shape index (κ1) is 34.0. The molecule has 0 aliphatic heterocycles.